The molecule has 0 aliphatic heterocycles. The molecule has 1 aromatic carbocycles. The van der Waals surface area contributed by atoms with E-state index in [0.717, 1.165) is 5.69 Å². The molecule has 0 saturated heterocycles. The van der Waals surface area contributed by atoms with Crippen LogP contribution in [0.4, 0.5) is 11.4 Å². The number of benzene rings is 1. The molecule has 19 heavy (non-hydrogen) atoms. The highest BCUT2D eigenvalue weighted by Crippen LogP contribution is 2.16. The largest absolute Gasteiger partial charge is 0.398 e. The maximum atomic E-state index is 12.0. The Morgan fingerprint density at radius 3 is 2.68 bits per heavy atom. The van der Waals surface area contributed by atoms with Gasteiger partial charge in [-0.3, -0.25) is 9.71 Å². The zero-order valence-electron chi connectivity index (χ0n) is 10.5. The summed E-state index contributed by atoms with van der Waals surface area (Å²) in [6.07, 6.45) is 1.56. The zero-order chi connectivity index (χ0) is 13.9. The van der Waals surface area contributed by atoms with Crippen LogP contribution in [-0.2, 0) is 15.8 Å². The van der Waals surface area contributed by atoms with Crippen molar-refractivity contribution in [2.75, 3.05) is 10.5 Å². The molecule has 2 rings (SSSR count). The van der Waals surface area contributed by atoms with Crippen LogP contribution < -0.4 is 10.5 Å². The van der Waals surface area contributed by atoms with Crippen molar-refractivity contribution in [1.29, 1.82) is 0 Å². The first kappa shape index (κ1) is 13.4. The summed E-state index contributed by atoms with van der Waals surface area (Å²) in [5, 5.41) is 0. The predicted molar refractivity (Wildman–Crippen MR) is 76.1 cm³/mol. The third kappa shape index (κ3) is 3.69. The molecule has 0 saturated carbocycles. The number of hydrogen-bond acceptors (Lipinski definition) is 4. The fraction of sp³-hybridized carbons (Fsp3) is 0.154. The third-order valence-electron chi connectivity index (χ3n) is 2.57. The average Bonchev–Trinajstić information content (AvgIpc) is 2.31. The Kier molecular flexibility index (Phi) is 3.71. The summed E-state index contributed by atoms with van der Waals surface area (Å²) in [6.45, 7) is 1.80. The minimum atomic E-state index is -3.48. The number of para-hydroxylation sites is 1. The monoisotopic (exact) mass is 277 g/mol. The van der Waals surface area contributed by atoms with E-state index in [1.807, 2.05) is 0 Å². The molecular weight excluding hydrogens is 262 g/mol. The predicted octanol–water partition coefficient (Wildman–Crippen LogP) is 1.91. The number of nitrogens with one attached hydrogen (secondary N) is 1. The van der Waals surface area contributed by atoms with Crippen molar-refractivity contribution in [1.82, 2.24) is 4.98 Å². The van der Waals surface area contributed by atoms with Gasteiger partial charge in [0.2, 0.25) is 10.0 Å². The van der Waals surface area contributed by atoms with Crippen molar-refractivity contribution in [3.05, 3.63) is 53.9 Å². The molecule has 0 bridgehead atoms. The van der Waals surface area contributed by atoms with Gasteiger partial charge >= 0.3 is 0 Å². The van der Waals surface area contributed by atoms with Crippen molar-refractivity contribution in [3.63, 3.8) is 0 Å². The molecule has 0 atom stereocenters. The van der Waals surface area contributed by atoms with Gasteiger partial charge in [-0.2, -0.15) is 0 Å². The van der Waals surface area contributed by atoms with Gasteiger partial charge in [-0.25, -0.2) is 8.42 Å². The summed E-state index contributed by atoms with van der Waals surface area (Å²) >= 11 is 0. The summed E-state index contributed by atoms with van der Waals surface area (Å²) in [4.78, 5) is 4.01. The molecule has 0 unspecified atom stereocenters. The Balaban J connectivity index is 2.18. The van der Waals surface area contributed by atoms with Crippen molar-refractivity contribution < 1.29 is 8.42 Å². The van der Waals surface area contributed by atoms with Crippen LogP contribution in [0.5, 0.6) is 0 Å². The van der Waals surface area contributed by atoms with Gasteiger partial charge in [-0.15, -0.1) is 0 Å². The molecule has 2 aromatic rings. The molecule has 0 aliphatic carbocycles. The van der Waals surface area contributed by atoms with E-state index < -0.39 is 10.0 Å². The molecule has 3 N–H and O–H groups in total. The molecule has 0 aliphatic rings. The maximum absolute atomic E-state index is 12.0. The molecule has 100 valence electrons. The molecule has 5 nitrogen and oxygen atoms in total. The van der Waals surface area contributed by atoms with Crippen LogP contribution in [0.2, 0.25) is 0 Å². The van der Waals surface area contributed by atoms with Gasteiger partial charge < -0.3 is 5.73 Å². The number of nitrogens with zero attached hydrogens (tertiary/aromatic N) is 1. The van der Waals surface area contributed by atoms with Gasteiger partial charge in [0.05, 0.1) is 11.4 Å². The fourth-order valence-electron chi connectivity index (χ4n) is 1.70. The van der Waals surface area contributed by atoms with E-state index in [4.69, 9.17) is 5.73 Å². The second-order valence-corrected chi connectivity index (χ2v) is 5.97. The van der Waals surface area contributed by atoms with E-state index in [0.29, 0.717) is 16.9 Å². The van der Waals surface area contributed by atoms with Crippen molar-refractivity contribution in [2.45, 2.75) is 12.7 Å². The van der Waals surface area contributed by atoms with Crippen LogP contribution in [0.15, 0.2) is 42.6 Å². The minimum absolute atomic E-state index is 0.152. The standard InChI is InChI=1S/C13H15N3O2S/c1-10-8-12(6-7-15-10)16-19(17,18)9-11-4-2-3-5-13(11)14/h2-8H,9,14H2,1H3,(H,15,16). The van der Waals surface area contributed by atoms with Gasteiger partial charge in [-0.1, -0.05) is 18.2 Å². The van der Waals surface area contributed by atoms with Crippen LogP contribution in [0.25, 0.3) is 0 Å². The second-order valence-electron chi connectivity index (χ2n) is 4.25. The van der Waals surface area contributed by atoms with E-state index in [1.54, 1.807) is 49.5 Å². The van der Waals surface area contributed by atoms with Crippen molar-refractivity contribution in [2.24, 2.45) is 0 Å². The first-order valence-corrected chi connectivity index (χ1v) is 7.38. The van der Waals surface area contributed by atoms with E-state index in [9.17, 15) is 8.42 Å². The first-order chi connectivity index (χ1) is 8.96. The lowest BCUT2D eigenvalue weighted by Crippen LogP contribution is -2.16. The number of rotatable bonds is 4. The lowest BCUT2D eigenvalue weighted by atomic mass is 10.2. The zero-order valence-corrected chi connectivity index (χ0v) is 11.3. The third-order valence-corrected chi connectivity index (χ3v) is 3.81. The molecule has 0 spiro atoms. The fourth-order valence-corrected chi connectivity index (χ4v) is 2.93. The van der Waals surface area contributed by atoms with E-state index in [2.05, 4.69) is 9.71 Å². The van der Waals surface area contributed by atoms with E-state index >= 15 is 0 Å². The lowest BCUT2D eigenvalue weighted by Gasteiger charge is -2.09. The van der Waals surface area contributed by atoms with Gasteiger partial charge in [0, 0.05) is 17.6 Å². The summed E-state index contributed by atoms with van der Waals surface area (Å²) in [5.74, 6) is -0.152. The second kappa shape index (κ2) is 5.27. The number of aromatic nitrogens is 1. The quantitative estimate of drug-likeness (QED) is 0.836. The Morgan fingerprint density at radius 1 is 1.26 bits per heavy atom. The number of aryl methyl sites for hydroxylation is 1. The highest BCUT2D eigenvalue weighted by atomic mass is 32.2. The smallest absolute Gasteiger partial charge is 0.236 e. The van der Waals surface area contributed by atoms with Crippen LogP contribution in [0.3, 0.4) is 0 Å². The SMILES string of the molecule is Cc1cc(NS(=O)(=O)Cc2ccccc2N)ccn1. The Bertz CT molecular complexity index is 684. The molecule has 1 heterocycles. The summed E-state index contributed by atoms with van der Waals surface area (Å²) < 4.78 is 26.6. The number of hydrogen-bond donors (Lipinski definition) is 2. The van der Waals surface area contributed by atoms with Crippen molar-refractivity contribution >= 4 is 21.4 Å². The Hall–Kier alpha value is -2.08. The summed E-state index contributed by atoms with van der Waals surface area (Å²) in [6, 6.07) is 10.2. The topological polar surface area (TPSA) is 85.1 Å². The summed E-state index contributed by atoms with van der Waals surface area (Å²) in [7, 11) is -3.48. The van der Waals surface area contributed by atoms with Crippen LogP contribution in [-0.4, -0.2) is 13.4 Å². The van der Waals surface area contributed by atoms with Crippen molar-refractivity contribution in [3.8, 4) is 0 Å². The van der Waals surface area contributed by atoms with Crippen LogP contribution >= 0.6 is 0 Å². The molecule has 0 amide bonds. The molecule has 6 heteroatoms. The average molecular weight is 277 g/mol. The van der Waals surface area contributed by atoms with Crippen LogP contribution in [0.1, 0.15) is 11.3 Å². The van der Waals surface area contributed by atoms with Gasteiger partial charge in [0.15, 0.2) is 0 Å². The van der Waals surface area contributed by atoms with Gasteiger partial charge in [0.25, 0.3) is 0 Å². The minimum Gasteiger partial charge on any atom is -0.398 e. The Morgan fingerprint density at radius 2 is 2.00 bits per heavy atom. The maximum Gasteiger partial charge on any atom is 0.236 e. The van der Waals surface area contributed by atoms with E-state index in [1.165, 1.54) is 0 Å². The molecule has 0 radical (unpaired) electrons. The normalized spacial score (nSPS) is 11.2. The number of anilines is 2. The van der Waals surface area contributed by atoms with Gasteiger partial charge in [0.1, 0.15) is 0 Å². The van der Waals surface area contributed by atoms with Crippen LogP contribution in [0, 0.1) is 6.92 Å². The first-order valence-electron chi connectivity index (χ1n) is 5.73. The Labute approximate surface area is 112 Å². The number of pyridine rings is 1. The number of nitrogen functional groups attached to an aromatic ring is 1. The molecule has 0 fully saturated rings. The highest BCUT2D eigenvalue weighted by Gasteiger charge is 2.13. The molecule has 1 aromatic heterocycles. The number of sulfonamides is 1. The highest BCUT2D eigenvalue weighted by molar-refractivity contribution is 7.91. The summed E-state index contributed by atoms with van der Waals surface area (Å²) in [5.41, 5.74) is 8.05. The molecular formula is C13H15N3O2S. The lowest BCUT2D eigenvalue weighted by molar-refractivity contribution is 0.600. The number of nitrogens with two attached hydrogens (primary N) is 1. The van der Waals surface area contributed by atoms with E-state index in [-0.39, 0.29) is 5.75 Å². The van der Waals surface area contributed by atoms with Gasteiger partial charge in [-0.05, 0) is 30.7 Å².